The minimum absolute atomic E-state index is 0.430. The summed E-state index contributed by atoms with van der Waals surface area (Å²) >= 11 is 6.01. The quantitative estimate of drug-likeness (QED) is 0.921. The molecular weight excluding hydrogens is 246 g/mol. The van der Waals surface area contributed by atoms with Crippen molar-refractivity contribution in [2.75, 3.05) is 0 Å². The van der Waals surface area contributed by atoms with Crippen LogP contribution in [0.2, 0.25) is 5.02 Å². The van der Waals surface area contributed by atoms with Crippen LogP contribution < -0.4 is 5.32 Å². The number of aryl methyl sites for hydroxylation is 2. The summed E-state index contributed by atoms with van der Waals surface area (Å²) in [5, 5.41) is 8.78. The highest BCUT2D eigenvalue weighted by atomic mass is 35.5. The molecule has 1 N–H and O–H groups in total. The van der Waals surface area contributed by atoms with E-state index in [9.17, 15) is 0 Å². The molecule has 3 rings (SSSR count). The van der Waals surface area contributed by atoms with E-state index in [1.807, 2.05) is 30.1 Å². The predicted molar refractivity (Wildman–Crippen MR) is 72.6 cm³/mol. The maximum Gasteiger partial charge on any atom is 0.0762 e. The molecule has 18 heavy (non-hydrogen) atoms. The fourth-order valence-electron chi connectivity index (χ4n) is 2.58. The zero-order valence-corrected chi connectivity index (χ0v) is 11.1. The smallest absolute Gasteiger partial charge is 0.0762 e. The first-order chi connectivity index (χ1) is 8.72. The van der Waals surface area contributed by atoms with E-state index in [4.69, 9.17) is 11.6 Å². The Kier molecular flexibility index (Phi) is 3.10. The van der Waals surface area contributed by atoms with Gasteiger partial charge in [0.1, 0.15) is 0 Å². The molecule has 1 atom stereocenters. The Balaban J connectivity index is 1.69. The highest BCUT2D eigenvalue weighted by molar-refractivity contribution is 6.30. The number of hydrogen-bond donors (Lipinski definition) is 1. The third kappa shape index (κ3) is 2.28. The molecule has 1 heterocycles. The third-order valence-electron chi connectivity index (χ3n) is 3.48. The van der Waals surface area contributed by atoms with Crippen LogP contribution in [0.1, 0.15) is 29.3 Å². The summed E-state index contributed by atoms with van der Waals surface area (Å²) in [6.45, 7) is 0.813. The molecule has 0 saturated carbocycles. The van der Waals surface area contributed by atoms with Crippen molar-refractivity contribution >= 4 is 11.6 Å². The highest BCUT2D eigenvalue weighted by Crippen LogP contribution is 2.32. The fourth-order valence-corrected chi connectivity index (χ4v) is 2.78. The van der Waals surface area contributed by atoms with Crippen molar-refractivity contribution in [3.05, 3.63) is 52.3 Å². The molecule has 0 bridgehead atoms. The van der Waals surface area contributed by atoms with Gasteiger partial charge in [-0.05, 0) is 42.2 Å². The van der Waals surface area contributed by atoms with Gasteiger partial charge in [0, 0.05) is 30.9 Å². The van der Waals surface area contributed by atoms with Gasteiger partial charge in [-0.2, -0.15) is 5.10 Å². The summed E-state index contributed by atoms with van der Waals surface area (Å²) in [5.74, 6) is 0. The number of hydrogen-bond acceptors (Lipinski definition) is 2. The first kappa shape index (κ1) is 11.8. The molecule has 0 aliphatic heterocycles. The van der Waals surface area contributed by atoms with Crippen LogP contribution >= 0.6 is 11.6 Å². The normalized spacial score (nSPS) is 18.0. The number of nitrogens with one attached hydrogen (secondary N) is 1. The molecule has 1 aromatic carbocycles. The van der Waals surface area contributed by atoms with Crippen molar-refractivity contribution in [1.29, 1.82) is 0 Å². The van der Waals surface area contributed by atoms with Gasteiger partial charge >= 0.3 is 0 Å². The van der Waals surface area contributed by atoms with Crippen molar-refractivity contribution in [1.82, 2.24) is 15.1 Å². The van der Waals surface area contributed by atoms with Crippen LogP contribution in [-0.2, 0) is 20.0 Å². The topological polar surface area (TPSA) is 29.9 Å². The maximum atomic E-state index is 6.01. The number of rotatable bonds is 3. The number of aromatic nitrogens is 2. The van der Waals surface area contributed by atoms with E-state index < -0.39 is 0 Å². The summed E-state index contributed by atoms with van der Waals surface area (Å²) in [5.41, 5.74) is 3.84. The van der Waals surface area contributed by atoms with E-state index in [-0.39, 0.29) is 0 Å². The highest BCUT2D eigenvalue weighted by Gasteiger charge is 2.21. The number of benzene rings is 1. The fraction of sp³-hybridized carbons (Fsp3) is 0.357. The summed E-state index contributed by atoms with van der Waals surface area (Å²) < 4.78 is 1.83. The Morgan fingerprint density at radius 1 is 1.44 bits per heavy atom. The van der Waals surface area contributed by atoms with Gasteiger partial charge in [0.25, 0.3) is 0 Å². The lowest BCUT2D eigenvalue weighted by Crippen LogP contribution is -2.19. The summed E-state index contributed by atoms with van der Waals surface area (Å²) in [6.07, 6.45) is 4.22. The Morgan fingerprint density at radius 3 is 3.11 bits per heavy atom. The molecule has 0 fully saturated rings. The van der Waals surface area contributed by atoms with E-state index in [1.54, 1.807) is 0 Å². The van der Waals surface area contributed by atoms with Crippen molar-refractivity contribution in [3.63, 3.8) is 0 Å². The molecule has 0 spiro atoms. The van der Waals surface area contributed by atoms with Crippen LogP contribution in [0.15, 0.2) is 30.5 Å². The molecule has 1 aliphatic carbocycles. The van der Waals surface area contributed by atoms with Gasteiger partial charge in [-0.25, -0.2) is 0 Å². The lowest BCUT2D eigenvalue weighted by Gasteiger charge is -2.13. The summed E-state index contributed by atoms with van der Waals surface area (Å²) in [7, 11) is 1.94. The monoisotopic (exact) mass is 261 g/mol. The SMILES string of the molecule is Cn1ccc(CNC2CCc3cc(Cl)ccc32)n1. The molecule has 0 saturated heterocycles. The molecule has 2 aromatic rings. The average Bonchev–Trinajstić information content (AvgIpc) is 2.92. The zero-order chi connectivity index (χ0) is 12.5. The van der Waals surface area contributed by atoms with E-state index in [0.717, 1.165) is 30.1 Å². The Hall–Kier alpha value is -1.32. The summed E-state index contributed by atoms with van der Waals surface area (Å²) in [4.78, 5) is 0. The van der Waals surface area contributed by atoms with Gasteiger partial charge in [0.2, 0.25) is 0 Å². The third-order valence-corrected chi connectivity index (χ3v) is 3.72. The van der Waals surface area contributed by atoms with Gasteiger partial charge in [-0.1, -0.05) is 17.7 Å². The number of halogens is 1. The Morgan fingerprint density at radius 2 is 2.33 bits per heavy atom. The molecule has 0 amide bonds. The maximum absolute atomic E-state index is 6.01. The van der Waals surface area contributed by atoms with Crippen molar-refractivity contribution in [3.8, 4) is 0 Å². The van der Waals surface area contributed by atoms with Crippen LogP contribution in [0.3, 0.4) is 0 Å². The zero-order valence-electron chi connectivity index (χ0n) is 10.4. The Labute approximate surface area is 112 Å². The molecule has 94 valence electrons. The van der Waals surface area contributed by atoms with E-state index in [0.29, 0.717) is 6.04 Å². The van der Waals surface area contributed by atoms with Gasteiger partial charge in [0.15, 0.2) is 0 Å². The second-order valence-corrected chi connectivity index (χ2v) is 5.23. The minimum Gasteiger partial charge on any atom is -0.304 e. The van der Waals surface area contributed by atoms with Crippen molar-refractivity contribution in [2.45, 2.75) is 25.4 Å². The molecule has 1 unspecified atom stereocenters. The van der Waals surface area contributed by atoms with Crippen LogP contribution in [0.25, 0.3) is 0 Å². The second kappa shape index (κ2) is 4.75. The molecule has 1 aliphatic rings. The first-order valence-electron chi connectivity index (χ1n) is 6.22. The first-order valence-corrected chi connectivity index (χ1v) is 6.60. The van der Waals surface area contributed by atoms with Crippen LogP contribution in [0.5, 0.6) is 0 Å². The van der Waals surface area contributed by atoms with E-state index in [1.165, 1.54) is 11.1 Å². The molecule has 1 aromatic heterocycles. The van der Waals surface area contributed by atoms with Crippen LogP contribution in [0, 0.1) is 0 Å². The lowest BCUT2D eigenvalue weighted by molar-refractivity contribution is 0.522. The summed E-state index contributed by atoms with van der Waals surface area (Å²) in [6, 6.07) is 8.67. The van der Waals surface area contributed by atoms with Gasteiger partial charge in [0.05, 0.1) is 5.69 Å². The number of nitrogens with zero attached hydrogens (tertiary/aromatic N) is 2. The lowest BCUT2D eigenvalue weighted by atomic mass is 10.1. The molecule has 3 nitrogen and oxygen atoms in total. The molecule has 0 radical (unpaired) electrons. The van der Waals surface area contributed by atoms with E-state index in [2.05, 4.69) is 22.5 Å². The number of fused-ring (bicyclic) bond motifs is 1. The van der Waals surface area contributed by atoms with Crippen molar-refractivity contribution in [2.24, 2.45) is 7.05 Å². The largest absolute Gasteiger partial charge is 0.304 e. The average molecular weight is 262 g/mol. The molecule has 4 heteroatoms. The van der Waals surface area contributed by atoms with Gasteiger partial charge in [-0.15, -0.1) is 0 Å². The van der Waals surface area contributed by atoms with Crippen LogP contribution in [-0.4, -0.2) is 9.78 Å². The van der Waals surface area contributed by atoms with Gasteiger partial charge in [-0.3, -0.25) is 4.68 Å². The minimum atomic E-state index is 0.430. The van der Waals surface area contributed by atoms with Crippen molar-refractivity contribution < 1.29 is 0 Å². The van der Waals surface area contributed by atoms with Crippen LogP contribution in [0.4, 0.5) is 0 Å². The molecular formula is C14H16ClN3. The Bertz CT molecular complexity index is 562. The second-order valence-electron chi connectivity index (χ2n) is 4.80. The van der Waals surface area contributed by atoms with Gasteiger partial charge < -0.3 is 5.32 Å². The standard InChI is InChI=1S/C14H16ClN3/c1-18-7-6-12(17-18)9-16-14-5-2-10-8-11(15)3-4-13(10)14/h3-4,6-8,14,16H,2,5,9H2,1H3. The predicted octanol–water partition coefficient (Wildman–Crippen LogP) is 2.85. The van der Waals surface area contributed by atoms with E-state index >= 15 is 0 Å².